The van der Waals surface area contributed by atoms with E-state index in [1.807, 2.05) is 24.5 Å². The molecule has 0 unspecified atom stereocenters. The maximum Gasteiger partial charge on any atom is 0.156 e. The average Bonchev–Trinajstić information content (AvgIpc) is 2.72. The van der Waals surface area contributed by atoms with Crippen LogP contribution in [0.15, 0.2) is 29.5 Å². The van der Waals surface area contributed by atoms with E-state index in [9.17, 15) is 0 Å². The predicted molar refractivity (Wildman–Crippen MR) is 60.7 cm³/mol. The molecule has 1 aliphatic rings. The average molecular weight is 207 g/mol. The summed E-state index contributed by atoms with van der Waals surface area (Å²) < 4.78 is 0. The molecule has 0 aromatic carbocycles. The third-order valence-electron chi connectivity index (χ3n) is 2.02. The van der Waals surface area contributed by atoms with Gasteiger partial charge in [0.25, 0.3) is 0 Å². The first-order chi connectivity index (χ1) is 6.95. The molecule has 1 aromatic rings. The summed E-state index contributed by atoms with van der Waals surface area (Å²) in [6, 6.07) is 4.09. The molecule has 74 valence electrons. The van der Waals surface area contributed by atoms with E-state index in [2.05, 4.69) is 15.3 Å². The molecule has 0 fully saturated rings. The van der Waals surface area contributed by atoms with E-state index in [1.165, 1.54) is 5.56 Å². The molecule has 0 saturated heterocycles. The Balaban J connectivity index is 1.73. The predicted octanol–water partition coefficient (Wildman–Crippen LogP) is 1.32. The number of pyridine rings is 1. The molecule has 0 radical (unpaired) electrons. The zero-order valence-corrected chi connectivity index (χ0v) is 8.76. The van der Waals surface area contributed by atoms with Gasteiger partial charge in [-0.3, -0.25) is 9.98 Å². The van der Waals surface area contributed by atoms with Crippen LogP contribution in [0.25, 0.3) is 0 Å². The standard InChI is InChI=1S/C10H13N3S/c1-4-11-5-2-9(1)3-6-12-10-13-7-8-14-10/h1-2,4-5H,3,6-8H2,(H,12,13). The number of hydrogen-bond acceptors (Lipinski definition) is 4. The summed E-state index contributed by atoms with van der Waals surface area (Å²) in [5.41, 5.74) is 1.32. The van der Waals surface area contributed by atoms with Gasteiger partial charge in [0.2, 0.25) is 0 Å². The van der Waals surface area contributed by atoms with Crippen LogP contribution >= 0.6 is 11.8 Å². The molecule has 3 nitrogen and oxygen atoms in total. The van der Waals surface area contributed by atoms with Crippen LogP contribution in [0, 0.1) is 0 Å². The lowest BCUT2D eigenvalue weighted by Crippen LogP contribution is -2.21. The number of nitrogens with zero attached hydrogens (tertiary/aromatic N) is 2. The molecule has 14 heavy (non-hydrogen) atoms. The van der Waals surface area contributed by atoms with Gasteiger partial charge in [-0.2, -0.15) is 0 Å². The molecule has 1 aliphatic heterocycles. The number of rotatable bonds is 3. The normalized spacial score (nSPS) is 15.3. The molecule has 0 amide bonds. The molecule has 0 aliphatic carbocycles. The fourth-order valence-corrected chi connectivity index (χ4v) is 2.07. The second-order valence-electron chi connectivity index (χ2n) is 3.07. The van der Waals surface area contributed by atoms with Crippen LogP contribution in [0.1, 0.15) is 5.56 Å². The number of hydrogen-bond donors (Lipinski definition) is 1. The molecular formula is C10H13N3S. The lowest BCUT2D eigenvalue weighted by molar-refractivity contribution is 0.870. The van der Waals surface area contributed by atoms with Gasteiger partial charge in [-0.1, -0.05) is 11.8 Å². The smallest absolute Gasteiger partial charge is 0.156 e. The first kappa shape index (κ1) is 9.52. The molecule has 2 rings (SSSR count). The minimum atomic E-state index is 0.954. The van der Waals surface area contributed by atoms with Crippen LogP contribution in [0.5, 0.6) is 0 Å². The van der Waals surface area contributed by atoms with Crippen molar-refractivity contribution in [1.82, 2.24) is 10.3 Å². The van der Waals surface area contributed by atoms with E-state index in [-0.39, 0.29) is 0 Å². The van der Waals surface area contributed by atoms with E-state index >= 15 is 0 Å². The van der Waals surface area contributed by atoms with Crippen LogP contribution < -0.4 is 5.32 Å². The van der Waals surface area contributed by atoms with Crippen molar-refractivity contribution in [3.05, 3.63) is 30.1 Å². The summed E-state index contributed by atoms with van der Waals surface area (Å²) in [7, 11) is 0. The lowest BCUT2D eigenvalue weighted by atomic mass is 10.2. The lowest BCUT2D eigenvalue weighted by Gasteiger charge is -2.04. The Bertz CT molecular complexity index is 310. The van der Waals surface area contributed by atoms with Crippen molar-refractivity contribution in [2.75, 3.05) is 18.8 Å². The molecule has 0 bridgehead atoms. The zero-order valence-electron chi connectivity index (χ0n) is 7.94. The van der Waals surface area contributed by atoms with Gasteiger partial charge < -0.3 is 5.32 Å². The first-order valence-electron chi connectivity index (χ1n) is 4.75. The Morgan fingerprint density at radius 3 is 2.93 bits per heavy atom. The van der Waals surface area contributed by atoms with Crippen molar-refractivity contribution in [3.63, 3.8) is 0 Å². The number of aromatic nitrogens is 1. The Labute approximate surface area is 88.0 Å². The van der Waals surface area contributed by atoms with E-state index in [0.29, 0.717) is 0 Å². The maximum absolute atomic E-state index is 4.32. The topological polar surface area (TPSA) is 37.3 Å². The van der Waals surface area contributed by atoms with Crippen molar-refractivity contribution >= 4 is 16.9 Å². The van der Waals surface area contributed by atoms with Gasteiger partial charge in [-0.15, -0.1) is 0 Å². The molecule has 4 heteroatoms. The third kappa shape index (κ3) is 2.73. The van der Waals surface area contributed by atoms with E-state index in [1.54, 1.807) is 11.8 Å². The zero-order chi connectivity index (χ0) is 9.64. The van der Waals surface area contributed by atoms with Gasteiger partial charge >= 0.3 is 0 Å². The second-order valence-corrected chi connectivity index (χ2v) is 4.15. The van der Waals surface area contributed by atoms with Gasteiger partial charge in [-0.25, -0.2) is 0 Å². The summed E-state index contributed by atoms with van der Waals surface area (Å²) in [6.45, 7) is 1.91. The molecule has 0 saturated carbocycles. The number of amidine groups is 1. The van der Waals surface area contributed by atoms with Gasteiger partial charge in [0.05, 0.1) is 6.54 Å². The minimum Gasteiger partial charge on any atom is -0.365 e. The minimum absolute atomic E-state index is 0.954. The molecule has 0 atom stereocenters. The Morgan fingerprint density at radius 2 is 2.21 bits per heavy atom. The Hall–Kier alpha value is -1.03. The van der Waals surface area contributed by atoms with E-state index < -0.39 is 0 Å². The van der Waals surface area contributed by atoms with E-state index in [0.717, 1.165) is 30.4 Å². The van der Waals surface area contributed by atoms with Crippen molar-refractivity contribution in [1.29, 1.82) is 0 Å². The molecule has 0 spiro atoms. The first-order valence-corrected chi connectivity index (χ1v) is 5.74. The summed E-state index contributed by atoms with van der Waals surface area (Å²) in [4.78, 5) is 8.31. The summed E-state index contributed by atoms with van der Waals surface area (Å²) in [5, 5.41) is 4.42. The molecule has 1 N–H and O–H groups in total. The van der Waals surface area contributed by atoms with Gasteiger partial charge in [0.15, 0.2) is 5.17 Å². The van der Waals surface area contributed by atoms with E-state index in [4.69, 9.17) is 0 Å². The number of thioether (sulfide) groups is 1. The van der Waals surface area contributed by atoms with Crippen molar-refractivity contribution in [2.24, 2.45) is 4.99 Å². The third-order valence-corrected chi connectivity index (χ3v) is 2.96. The van der Waals surface area contributed by atoms with Gasteiger partial charge in [-0.05, 0) is 24.1 Å². The van der Waals surface area contributed by atoms with Crippen molar-refractivity contribution < 1.29 is 0 Å². The summed E-state index contributed by atoms with van der Waals surface area (Å²) >= 11 is 1.80. The van der Waals surface area contributed by atoms with Crippen LogP contribution in [0.4, 0.5) is 0 Å². The van der Waals surface area contributed by atoms with Crippen LogP contribution in [0.3, 0.4) is 0 Å². The van der Waals surface area contributed by atoms with Crippen molar-refractivity contribution in [3.8, 4) is 0 Å². The van der Waals surface area contributed by atoms with Crippen LogP contribution in [-0.2, 0) is 6.42 Å². The van der Waals surface area contributed by atoms with Crippen molar-refractivity contribution in [2.45, 2.75) is 6.42 Å². The van der Waals surface area contributed by atoms with Gasteiger partial charge in [0, 0.05) is 24.7 Å². The van der Waals surface area contributed by atoms with Gasteiger partial charge in [0.1, 0.15) is 0 Å². The highest BCUT2D eigenvalue weighted by Crippen LogP contribution is 2.08. The summed E-state index contributed by atoms with van der Waals surface area (Å²) in [5.74, 6) is 1.12. The quantitative estimate of drug-likeness (QED) is 0.812. The fraction of sp³-hybridized carbons (Fsp3) is 0.400. The summed E-state index contributed by atoms with van der Waals surface area (Å²) in [6.07, 6.45) is 4.69. The molecular weight excluding hydrogens is 194 g/mol. The Morgan fingerprint density at radius 1 is 1.36 bits per heavy atom. The largest absolute Gasteiger partial charge is 0.365 e. The highest BCUT2D eigenvalue weighted by Gasteiger charge is 2.04. The molecule has 1 aromatic heterocycles. The number of nitrogens with one attached hydrogen (secondary N) is 1. The Kier molecular flexibility index (Phi) is 3.40. The second kappa shape index (κ2) is 5.00. The maximum atomic E-state index is 4.32. The highest BCUT2D eigenvalue weighted by atomic mass is 32.2. The van der Waals surface area contributed by atoms with Crippen LogP contribution in [-0.4, -0.2) is 29.0 Å². The van der Waals surface area contributed by atoms with Crippen LogP contribution in [0.2, 0.25) is 0 Å². The molecule has 2 heterocycles. The SMILES string of the molecule is c1cc(CCNC2=NCCS2)ccn1. The fourth-order valence-electron chi connectivity index (χ4n) is 1.31. The monoisotopic (exact) mass is 207 g/mol. The number of aliphatic imine (C=N–C) groups is 1. The highest BCUT2D eigenvalue weighted by molar-refractivity contribution is 8.14.